The molecule has 0 aromatic carbocycles. The molecule has 1 saturated heterocycles. The van der Waals surface area contributed by atoms with Crippen LogP contribution >= 0.6 is 0 Å². The van der Waals surface area contributed by atoms with Crippen LogP contribution in [0.3, 0.4) is 0 Å². The summed E-state index contributed by atoms with van der Waals surface area (Å²) >= 11 is 0. The first-order valence-electron chi connectivity index (χ1n) is 7.45. The van der Waals surface area contributed by atoms with E-state index in [1.807, 2.05) is 6.20 Å². The second-order valence-corrected chi connectivity index (χ2v) is 5.73. The standard InChI is InChI=1S/C16H26N2O/c1-4-7-17-16(14-8-13(3)19-11-14)9-15-6-5-12(2)10-18-15/h5-6,10,13-14,16-17H,4,7-9,11H2,1-3H3. The van der Waals surface area contributed by atoms with Gasteiger partial charge in [-0.05, 0) is 44.9 Å². The summed E-state index contributed by atoms with van der Waals surface area (Å²) < 4.78 is 5.72. The Morgan fingerprint density at radius 1 is 1.47 bits per heavy atom. The minimum absolute atomic E-state index is 0.405. The smallest absolute Gasteiger partial charge is 0.0551 e. The van der Waals surface area contributed by atoms with Gasteiger partial charge >= 0.3 is 0 Å². The number of pyridine rings is 1. The highest BCUT2D eigenvalue weighted by atomic mass is 16.5. The summed E-state index contributed by atoms with van der Waals surface area (Å²) in [5.74, 6) is 0.615. The molecular weight excluding hydrogens is 236 g/mol. The molecule has 1 aliphatic rings. The fourth-order valence-corrected chi connectivity index (χ4v) is 2.71. The van der Waals surface area contributed by atoms with Gasteiger partial charge in [0, 0.05) is 30.3 Å². The van der Waals surface area contributed by atoms with Gasteiger partial charge in [-0.3, -0.25) is 4.98 Å². The van der Waals surface area contributed by atoms with E-state index in [4.69, 9.17) is 4.74 Å². The Kier molecular flexibility index (Phi) is 5.34. The summed E-state index contributed by atoms with van der Waals surface area (Å²) in [6.07, 6.45) is 5.69. The average Bonchev–Trinajstić information content (AvgIpc) is 2.83. The van der Waals surface area contributed by atoms with E-state index >= 15 is 0 Å². The SMILES string of the molecule is CCCNC(Cc1ccc(C)cn1)C1COC(C)C1. The van der Waals surface area contributed by atoms with Gasteiger partial charge in [0.25, 0.3) is 0 Å². The molecule has 1 aromatic heterocycles. The maximum Gasteiger partial charge on any atom is 0.0551 e. The highest BCUT2D eigenvalue weighted by Crippen LogP contribution is 2.24. The summed E-state index contributed by atoms with van der Waals surface area (Å²) in [5.41, 5.74) is 2.40. The van der Waals surface area contributed by atoms with Gasteiger partial charge < -0.3 is 10.1 Å². The van der Waals surface area contributed by atoms with Crippen LogP contribution in [-0.2, 0) is 11.2 Å². The largest absolute Gasteiger partial charge is 0.378 e. The van der Waals surface area contributed by atoms with Crippen molar-refractivity contribution in [3.8, 4) is 0 Å². The van der Waals surface area contributed by atoms with E-state index in [0.717, 1.165) is 26.0 Å². The van der Waals surface area contributed by atoms with Crippen LogP contribution in [0, 0.1) is 12.8 Å². The van der Waals surface area contributed by atoms with Gasteiger partial charge in [0.15, 0.2) is 0 Å². The second-order valence-electron chi connectivity index (χ2n) is 5.73. The molecule has 1 fully saturated rings. The lowest BCUT2D eigenvalue weighted by Gasteiger charge is -2.23. The van der Waals surface area contributed by atoms with E-state index < -0.39 is 0 Å². The van der Waals surface area contributed by atoms with Crippen molar-refractivity contribution in [2.75, 3.05) is 13.2 Å². The number of aryl methyl sites for hydroxylation is 1. The van der Waals surface area contributed by atoms with E-state index in [2.05, 4.69) is 43.2 Å². The van der Waals surface area contributed by atoms with Crippen LogP contribution in [0.15, 0.2) is 18.3 Å². The quantitative estimate of drug-likeness (QED) is 0.856. The molecule has 0 saturated carbocycles. The highest BCUT2D eigenvalue weighted by Gasteiger charge is 2.29. The molecule has 1 aromatic rings. The third-order valence-corrected chi connectivity index (χ3v) is 3.86. The third kappa shape index (κ3) is 4.29. The number of aromatic nitrogens is 1. The van der Waals surface area contributed by atoms with Crippen LogP contribution in [-0.4, -0.2) is 30.3 Å². The summed E-state index contributed by atoms with van der Waals surface area (Å²) in [4.78, 5) is 4.54. The zero-order valence-electron chi connectivity index (χ0n) is 12.4. The van der Waals surface area contributed by atoms with Crippen molar-refractivity contribution in [2.24, 2.45) is 5.92 Å². The Labute approximate surface area is 116 Å². The summed E-state index contributed by atoms with van der Waals surface area (Å²) in [5, 5.41) is 3.68. The molecule has 0 radical (unpaired) electrons. The molecule has 106 valence electrons. The molecule has 1 aliphatic heterocycles. The third-order valence-electron chi connectivity index (χ3n) is 3.86. The monoisotopic (exact) mass is 262 g/mol. The normalized spacial score (nSPS) is 24.6. The van der Waals surface area contributed by atoms with Crippen molar-refractivity contribution in [3.63, 3.8) is 0 Å². The maximum atomic E-state index is 5.72. The second kappa shape index (κ2) is 7.01. The van der Waals surface area contributed by atoms with E-state index in [0.29, 0.717) is 18.1 Å². The van der Waals surface area contributed by atoms with Crippen LogP contribution < -0.4 is 5.32 Å². The zero-order valence-corrected chi connectivity index (χ0v) is 12.4. The number of rotatable bonds is 6. The predicted molar refractivity (Wildman–Crippen MR) is 78.3 cm³/mol. The van der Waals surface area contributed by atoms with Crippen molar-refractivity contribution in [1.29, 1.82) is 0 Å². The van der Waals surface area contributed by atoms with Crippen molar-refractivity contribution in [3.05, 3.63) is 29.6 Å². The molecule has 0 spiro atoms. The number of nitrogens with zero attached hydrogens (tertiary/aromatic N) is 1. The Bertz CT molecular complexity index is 377. The lowest BCUT2D eigenvalue weighted by Crippen LogP contribution is -2.39. The van der Waals surface area contributed by atoms with Gasteiger partial charge in [0.2, 0.25) is 0 Å². The Morgan fingerprint density at radius 2 is 2.32 bits per heavy atom. The molecule has 0 aliphatic carbocycles. The van der Waals surface area contributed by atoms with Gasteiger partial charge in [-0.25, -0.2) is 0 Å². The topological polar surface area (TPSA) is 34.2 Å². The highest BCUT2D eigenvalue weighted by molar-refractivity contribution is 5.13. The van der Waals surface area contributed by atoms with Gasteiger partial charge in [0.05, 0.1) is 12.7 Å². The van der Waals surface area contributed by atoms with Gasteiger partial charge in [-0.1, -0.05) is 13.0 Å². The van der Waals surface area contributed by atoms with Gasteiger partial charge in [0.1, 0.15) is 0 Å². The van der Waals surface area contributed by atoms with E-state index in [9.17, 15) is 0 Å². The van der Waals surface area contributed by atoms with Crippen molar-refractivity contribution in [2.45, 2.75) is 52.2 Å². The molecule has 1 N–H and O–H groups in total. The van der Waals surface area contributed by atoms with Crippen LogP contribution in [0.2, 0.25) is 0 Å². The predicted octanol–water partition coefficient (Wildman–Crippen LogP) is 2.73. The molecule has 0 bridgehead atoms. The summed E-state index contributed by atoms with van der Waals surface area (Å²) in [6.45, 7) is 8.41. The molecule has 2 rings (SSSR count). The molecule has 3 heteroatoms. The molecule has 3 unspecified atom stereocenters. The number of nitrogens with one attached hydrogen (secondary N) is 1. The molecular formula is C16H26N2O. The molecule has 19 heavy (non-hydrogen) atoms. The summed E-state index contributed by atoms with van der Waals surface area (Å²) in [7, 11) is 0. The Morgan fingerprint density at radius 3 is 2.89 bits per heavy atom. The van der Waals surface area contributed by atoms with Crippen LogP contribution in [0.25, 0.3) is 0 Å². The first-order valence-corrected chi connectivity index (χ1v) is 7.45. The van der Waals surface area contributed by atoms with Crippen LogP contribution in [0.1, 0.15) is 37.9 Å². The van der Waals surface area contributed by atoms with Crippen molar-refractivity contribution in [1.82, 2.24) is 10.3 Å². The first kappa shape index (κ1) is 14.5. The zero-order chi connectivity index (χ0) is 13.7. The summed E-state index contributed by atoms with van der Waals surface area (Å²) in [6, 6.07) is 4.78. The van der Waals surface area contributed by atoms with E-state index in [-0.39, 0.29) is 0 Å². The first-order chi connectivity index (χ1) is 9.19. The Hall–Kier alpha value is -0.930. The van der Waals surface area contributed by atoms with E-state index in [1.165, 1.54) is 17.7 Å². The Balaban J connectivity index is 1.98. The van der Waals surface area contributed by atoms with Crippen molar-refractivity contribution >= 4 is 0 Å². The van der Waals surface area contributed by atoms with Gasteiger partial charge in [-0.2, -0.15) is 0 Å². The van der Waals surface area contributed by atoms with E-state index in [1.54, 1.807) is 0 Å². The van der Waals surface area contributed by atoms with Crippen LogP contribution in [0.5, 0.6) is 0 Å². The number of hydrogen-bond acceptors (Lipinski definition) is 3. The average molecular weight is 262 g/mol. The molecule has 3 nitrogen and oxygen atoms in total. The molecule has 3 atom stereocenters. The van der Waals surface area contributed by atoms with Crippen molar-refractivity contribution < 1.29 is 4.74 Å². The lowest BCUT2D eigenvalue weighted by molar-refractivity contribution is 0.116. The minimum atomic E-state index is 0.405. The number of ether oxygens (including phenoxy) is 1. The maximum absolute atomic E-state index is 5.72. The minimum Gasteiger partial charge on any atom is -0.378 e. The molecule has 2 heterocycles. The van der Waals surface area contributed by atoms with Crippen LogP contribution in [0.4, 0.5) is 0 Å². The number of hydrogen-bond donors (Lipinski definition) is 1. The fraction of sp³-hybridized carbons (Fsp3) is 0.688. The van der Waals surface area contributed by atoms with Gasteiger partial charge in [-0.15, -0.1) is 0 Å². The lowest BCUT2D eigenvalue weighted by atomic mass is 9.93. The molecule has 0 amide bonds. The fourth-order valence-electron chi connectivity index (χ4n) is 2.71.